The van der Waals surface area contributed by atoms with Crippen molar-refractivity contribution >= 4 is 33.7 Å². The lowest BCUT2D eigenvalue weighted by Gasteiger charge is -2.43. The Kier molecular flexibility index (Phi) is 9.88. The molecule has 1 fully saturated rings. The number of sulfone groups is 1. The van der Waals surface area contributed by atoms with Crippen LogP contribution in [0.25, 0.3) is 11.1 Å². The van der Waals surface area contributed by atoms with E-state index >= 15 is 0 Å². The van der Waals surface area contributed by atoms with Gasteiger partial charge in [-0.2, -0.15) is 0 Å². The summed E-state index contributed by atoms with van der Waals surface area (Å²) in [4.78, 5) is 47.4. The first-order valence-corrected chi connectivity index (χ1v) is 14.0. The van der Waals surface area contributed by atoms with Crippen molar-refractivity contribution in [2.75, 3.05) is 12.9 Å². The van der Waals surface area contributed by atoms with Gasteiger partial charge < -0.3 is 28.4 Å². The summed E-state index contributed by atoms with van der Waals surface area (Å²) in [7, 11) is -3.33. The zero-order chi connectivity index (χ0) is 29.6. The minimum atomic E-state index is -3.33. The van der Waals surface area contributed by atoms with Crippen LogP contribution >= 0.6 is 0 Å². The van der Waals surface area contributed by atoms with Gasteiger partial charge in [-0.3, -0.25) is 19.2 Å². The molecule has 0 saturated carbocycles. The summed E-state index contributed by atoms with van der Waals surface area (Å²) in [5.41, 5.74) is 1.51. The summed E-state index contributed by atoms with van der Waals surface area (Å²) in [6.07, 6.45) is -5.37. The second-order valence-electron chi connectivity index (χ2n) is 9.01. The molecule has 40 heavy (non-hydrogen) atoms. The van der Waals surface area contributed by atoms with Gasteiger partial charge in [0.2, 0.25) is 12.4 Å². The average molecular weight is 579 g/mol. The maximum Gasteiger partial charge on any atom is 0.303 e. The molecule has 3 rings (SSSR count). The molecule has 0 unspecified atom stereocenters. The molecule has 2 aromatic carbocycles. The van der Waals surface area contributed by atoms with Crippen LogP contribution in [-0.4, -0.2) is 75.9 Å². The summed E-state index contributed by atoms with van der Waals surface area (Å²) < 4.78 is 56.5. The highest BCUT2D eigenvalue weighted by molar-refractivity contribution is 7.90. The van der Waals surface area contributed by atoms with Gasteiger partial charge in [0.15, 0.2) is 22.0 Å². The molecule has 1 aliphatic heterocycles. The number of benzene rings is 2. The molecule has 2 aromatic rings. The average Bonchev–Trinajstić information content (AvgIpc) is 2.85. The van der Waals surface area contributed by atoms with Gasteiger partial charge in [0.1, 0.15) is 18.5 Å². The maximum absolute atomic E-state index is 12.0. The SMILES string of the molecule is CC(=O)OC[C@H]1O[C@@H](Oc2ccc(-c3ccc(S(C)(=O)=O)cc3)cc2)[C@@H](OC(C)=O)[C@@H](OC(C)=O)[C@@H]1OC(C)=O. The molecule has 0 amide bonds. The van der Waals surface area contributed by atoms with E-state index in [1.165, 1.54) is 19.1 Å². The van der Waals surface area contributed by atoms with Crippen molar-refractivity contribution in [1.29, 1.82) is 0 Å². The maximum atomic E-state index is 12.0. The highest BCUT2D eigenvalue weighted by Crippen LogP contribution is 2.32. The number of carbonyl (C=O) groups is 4. The predicted octanol–water partition coefficient (Wildman–Crippen LogP) is 2.22. The van der Waals surface area contributed by atoms with E-state index in [1.807, 2.05) is 0 Å². The number of ether oxygens (including phenoxy) is 6. The Morgan fingerprint density at radius 3 is 1.65 bits per heavy atom. The van der Waals surface area contributed by atoms with Crippen LogP contribution < -0.4 is 4.74 Å². The third-order valence-corrected chi connectivity index (χ3v) is 6.80. The Bertz CT molecular complexity index is 1330. The van der Waals surface area contributed by atoms with Gasteiger partial charge in [0.05, 0.1) is 4.90 Å². The van der Waals surface area contributed by atoms with Gasteiger partial charge in [-0.25, -0.2) is 8.42 Å². The quantitative estimate of drug-likeness (QED) is 0.316. The number of esters is 4. The van der Waals surface area contributed by atoms with Crippen molar-refractivity contribution in [3.8, 4) is 16.9 Å². The molecule has 1 heterocycles. The number of hydrogen-bond donors (Lipinski definition) is 0. The standard InChI is InChI=1S/C27H30O12S/c1-15(28)34-14-23-24(35-16(2)29)25(36-17(3)30)26(37-18(4)31)27(39-23)38-21-10-6-19(7-11-21)20-8-12-22(13-9-20)40(5,32)33/h6-13,23-27H,14H2,1-5H3/t23-,24-,25+,26+,27-/m1/s1. The van der Waals surface area contributed by atoms with Crippen molar-refractivity contribution in [1.82, 2.24) is 0 Å². The Balaban J connectivity index is 1.91. The highest BCUT2D eigenvalue weighted by atomic mass is 32.2. The molecule has 0 aliphatic carbocycles. The largest absolute Gasteiger partial charge is 0.463 e. The molecule has 12 nitrogen and oxygen atoms in total. The number of hydrogen-bond acceptors (Lipinski definition) is 12. The second kappa shape index (κ2) is 12.9. The van der Waals surface area contributed by atoms with Gasteiger partial charge in [-0.1, -0.05) is 24.3 Å². The van der Waals surface area contributed by atoms with Crippen molar-refractivity contribution < 1.29 is 56.0 Å². The van der Waals surface area contributed by atoms with E-state index < -0.39 is 64.4 Å². The molecule has 5 atom stereocenters. The fourth-order valence-electron chi connectivity index (χ4n) is 4.04. The fraction of sp³-hybridized carbons (Fsp3) is 0.407. The zero-order valence-corrected chi connectivity index (χ0v) is 23.3. The van der Waals surface area contributed by atoms with E-state index in [-0.39, 0.29) is 17.3 Å². The van der Waals surface area contributed by atoms with Crippen LogP contribution in [0.1, 0.15) is 27.7 Å². The van der Waals surface area contributed by atoms with E-state index in [0.717, 1.165) is 38.2 Å². The molecule has 0 N–H and O–H groups in total. The Hall–Kier alpha value is -3.97. The predicted molar refractivity (Wildman–Crippen MR) is 138 cm³/mol. The van der Waals surface area contributed by atoms with Gasteiger partial charge in [0.25, 0.3) is 0 Å². The molecule has 1 saturated heterocycles. The second-order valence-corrected chi connectivity index (χ2v) is 11.0. The van der Waals surface area contributed by atoms with E-state index in [9.17, 15) is 27.6 Å². The van der Waals surface area contributed by atoms with Crippen LogP contribution in [0.3, 0.4) is 0 Å². The molecule has 0 bridgehead atoms. The van der Waals surface area contributed by atoms with Gasteiger partial charge in [0, 0.05) is 34.0 Å². The smallest absolute Gasteiger partial charge is 0.303 e. The zero-order valence-electron chi connectivity index (χ0n) is 22.5. The van der Waals surface area contributed by atoms with E-state index in [0.29, 0.717) is 0 Å². The molecule has 13 heteroatoms. The Labute approximate surface area is 231 Å². The summed E-state index contributed by atoms with van der Waals surface area (Å²) in [5.74, 6) is -2.59. The Morgan fingerprint density at radius 2 is 1.18 bits per heavy atom. The fourth-order valence-corrected chi connectivity index (χ4v) is 4.67. The minimum absolute atomic E-state index is 0.194. The topological polar surface area (TPSA) is 158 Å². The van der Waals surface area contributed by atoms with Gasteiger partial charge >= 0.3 is 23.9 Å². The molecule has 216 valence electrons. The van der Waals surface area contributed by atoms with E-state index in [4.69, 9.17) is 28.4 Å². The van der Waals surface area contributed by atoms with Crippen LogP contribution in [0.5, 0.6) is 5.75 Å². The Morgan fingerprint density at radius 1 is 0.700 bits per heavy atom. The summed E-state index contributed by atoms with van der Waals surface area (Å²) >= 11 is 0. The number of carbonyl (C=O) groups excluding carboxylic acids is 4. The lowest BCUT2D eigenvalue weighted by Crippen LogP contribution is -2.63. The summed E-state index contributed by atoms with van der Waals surface area (Å²) in [5, 5.41) is 0. The molecular formula is C27H30O12S. The molecule has 1 aliphatic rings. The van der Waals surface area contributed by atoms with Crippen molar-refractivity contribution in [3.05, 3.63) is 48.5 Å². The van der Waals surface area contributed by atoms with Crippen molar-refractivity contribution in [2.45, 2.75) is 63.3 Å². The third kappa shape index (κ3) is 8.26. The number of rotatable bonds is 9. The highest BCUT2D eigenvalue weighted by Gasteiger charge is 2.53. The first-order valence-electron chi connectivity index (χ1n) is 12.1. The van der Waals surface area contributed by atoms with Gasteiger partial charge in [-0.15, -0.1) is 0 Å². The minimum Gasteiger partial charge on any atom is -0.463 e. The molecule has 0 radical (unpaired) electrons. The lowest BCUT2D eigenvalue weighted by molar-refractivity contribution is -0.288. The molecular weight excluding hydrogens is 548 g/mol. The van der Waals surface area contributed by atoms with E-state index in [2.05, 4.69) is 0 Å². The van der Waals surface area contributed by atoms with Crippen molar-refractivity contribution in [2.24, 2.45) is 0 Å². The van der Waals surface area contributed by atoms with Crippen LogP contribution in [0, 0.1) is 0 Å². The van der Waals surface area contributed by atoms with Crippen molar-refractivity contribution in [3.63, 3.8) is 0 Å². The first kappa shape index (κ1) is 30.6. The monoisotopic (exact) mass is 578 g/mol. The normalized spacial score (nSPS) is 22.5. The van der Waals surface area contributed by atoms with Crippen LogP contribution in [0.15, 0.2) is 53.4 Å². The van der Waals surface area contributed by atoms with Gasteiger partial charge in [-0.05, 0) is 35.4 Å². The lowest BCUT2D eigenvalue weighted by atomic mass is 9.98. The van der Waals surface area contributed by atoms with E-state index in [1.54, 1.807) is 36.4 Å². The first-order chi connectivity index (χ1) is 18.7. The van der Waals surface area contributed by atoms with Crippen LogP contribution in [0.2, 0.25) is 0 Å². The van der Waals surface area contributed by atoms with Crippen LogP contribution in [0.4, 0.5) is 0 Å². The van der Waals surface area contributed by atoms with Crippen LogP contribution in [-0.2, 0) is 52.7 Å². The summed E-state index contributed by atoms with van der Waals surface area (Å²) in [6, 6.07) is 13.0. The third-order valence-electron chi connectivity index (χ3n) is 5.67. The molecule has 0 spiro atoms. The summed E-state index contributed by atoms with van der Waals surface area (Å²) in [6.45, 7) is 4.20. The molecule has 0 aromatic heterocycles.